The van der Waals surface area contributed by atoms with Crippen LogP contribution in [0.15, 0.2) is 29.1 Å². The topological polar surface area (TPSA) is 96.5 Å². The molecule has 0 aliphatic carbocycles. The standard InChI is InChI=1S/C21H18ClF5N6O3/c1-3-30-15(8-34)29-33(20(30)36)18-14(24)7-11-17(28-18)31(10(2)21(25,26)27)9-32(19(11)35)16-12(22)5-4-6-13(16)23/h4-7,10,34H,3,8-9H2,1-2H3/t10-/m0/s1. The highest BCUT2D eigenvalue weighted by Gasteiger charge is 2.46. The molecule has 0 bridgehead atoms. The van der Waals surface area contributed by atoms with Crippen molar-refractivity contribution in [3.8, 4) is 5.82 Å². The summed E-state index contributed by atoms with van der Waals surface area (Å²) < 4.78 is 72.6. The fourth-order valence-electron chi connectivity index (χ4n) is 3.83. The summed E-state index contributed by atoms with van der Waals surface area (Å²) in [6.45, 7) is 0.918. The number of alkyl halides is 3. The maximum absolute atomic E-state index is 15.2. The number of anilines is 2. The van der Waals surface area contributed by atoms with Crippen molar-refractivity contribution >= 4 is 29.0 Å². The van der Waals surface area contributed by atoms with Gasteiger partial charge in [-0.05, 0) is 32.0 Å². The van der Waals surface area contributed by atoms with E-state index in [1.165, 1.54) is 12.1 Å². The normalized spacial score (nSPS) is 14.9. The lowest BCUT2D eigenvalue weighted by molar-refractivity contribution is -0.144. The number of para-hydroxylation sites is 1. The molecule has 1 N–H and O–H groups in total. The molecule has 9 nitrogen and oxygen atoms in total. The van der Waals surface area contributed by atoms with E-state index < -0.39 is 71.6 Å². The van der Waals surface area contributed by atoms with Gasteiger partial charge in [0.2, 0.25) is 0 Å². The predicted molar refractivity (Wildman–Crippen MR) is 118 cm³/mol. The highest BCUT2D eigenvalue weighted by Crippen LogP contribution is 2.38. The number of fused-ring (bicyclic) bond motifs is 1. The molecule has 36 heavy (non-hydrogen) atoms. The summed E-state index contributed by atoms with van der Waals surface area (Å²) in [6.07, 6.45) is -4.83. The Morgan fingerprint density at radius 2 is 1.86 bits per heavy atom. The minimum absolute atomic E-state index is 0.0648. The van der Waals surface area contributed by atoms with Gasteiger partial charge in [0.15, 0.2) is 17.5 Å². The number of aromatic nitrogens is 4. The number of rotatable bonds is 5. The summed E-state index contributed by atoms with van der Waals surface area (Å²) in [5.41, 5.74) is -1.99. The Kier molecular flexibility index (Phi) is 6.51. The zero-order valence-corrected chi connectivity index (χ0v) is 19.5. The summed E-state index contributed by atoms with van der Waals surface area (Å²) >= 11 is 6.04. The van der Waals surface area contributed by atoms with E-state index in [0.29, 0.717) is 20.5 Å². The van der Waals surface area contributed by atoms with Crippen LogP contribution in [-0.2, 0) is 13.2 Å². The number of aliphatic hydroxyl groups excluding tert-OH is 1. The van der Waals surface area contributed by atoms with E-state index in [9.17, 15) is 32.3 Å². The Morgan fingerprint density at radius 1 is 1.17 bits per heavy atom. The van der Waals surface area contributed by atoms with Crippen LogP contribution in [-0.4, -0.2) is 49.2 Å². The van der Waals surface area contributed by atoms with E-state index >= 15 is 4.39 Å². The molecule has 0 fully saturated rings. The lowest BCUT2D eigenvalue weighted by Crippen LogP contribution is -2.55. The molecule has 0 spiro atoms. The number of amides is 1. The van der Waals surface area contributed by atoms with Crippen LogP contribution in [0, 0.1) is 11.6 Å². The van der Waals surface area contributed by atoms with Gasteiger partial charge in [0, 0.05) is 6.54 Å². The molecular formula is C21H18ClF5N6O3. The molecule has 3 heterocycles. The average Bonchev–Trinajstić information content (AvgIpc) is 3.14. The van der Waals surface area contributed by atoms with E-state index in [1.54, 1.807) is 6.92 Å². The molecular weight excluding hydrogens is 515 g/mol. The number of aliphatic hydroxyl groups is 1. The van der Waals surface area contributed by atoms with Crippen molar-refractivity contribution in [2.75, 3.05) is 16.5 Å². The molecule has 0 unspecified atom stereocenters. The molecule has 15 heteroatoms. The first-order valence-electron chi connectivity index (χ1n) is 10.5. The van der Waals surface area contributed by atoms with Gasteiger partial charge < -0.3 is 10.0 Å². The van der Waals surface area contributed by atoms with E-state index in [4.69, 9.17) is 11.6 Å². The average molecular weight is 533 g/mol. The van der Waals surface area contributed by atoms with Gasteiger partial charge in [0.25, 0.3) is 5.91 Å². The molecule has 4 rings (SSSR count). The molecule has 0 radical (unpaired) electrons. The third kappa shape index (κ3) is 4.09. The zero-order valence-electron chi connectivity index (χ0n) is 18.7. The van der Waals surface area contributed by atoms with Crippen molar-refractivity contribution in [1.82, 2.24) is 19.3 Å². The van der Waals surface area contributed by atoms with Crippen molar-refractivity contribution in [3.63, 3.8) is 0 Å². The third-order valence-electron chi connectivity index (χ3n) is 5.72. The molecule has 0 saturated heterocycles. The monoisotopic (exact) mass is 532 g/mol. The fraction of sp³-hybridized carbons (Fsp3) is 0.333. The lowest BCUT2D eigenvalue weighted by atomic mass is 10.1. The predicted octanol–water partition coefficient (Wildman–Crippen LogP) is 3.25. The summed E-state index contributed by atoms with van der Waals surface area (Å²) in [5, 5.41) is 13.0. The molecule has 1 atom stereocenters. The highest BCUT2D eigenvalue weighted by molar-refractivity contribution is 6.34. The van der Waals surface area contributed by atoms with Crippen molar-refractivity contribution in [2.45, 2.75) is 39.2 Å². The van der Waals surface area contributed by atoms with E-state index in [0.717, 1.165) is 17.6 Å². The maximum atomic E-state index is 15.2. The number of carbonyl (C=O) groups excluding carboxylic acids is 1. The number of nitrogens with zero attached hydrogens (tertiary/aromatic N) is 6. The molecule has 1 amide bonds. The van der Waals surface area contributed by atoms with Gasteiger partial charge in [-0.3, -0.25) is 14.3 Å². The minimum atomic E-state index is -4.83. The molecule has 1 aromatic carbocycles. The van der Waals surface area contributed by atoms with Crippen LogP contribution >= 0.6 is 11.6 Å². The first-order valence-corrected chi connectivity index (χ1v) is 10.9. The van der Waals surface area contributed by atoms with Gasteiger partial charge in [-0.2, -0.15) is 17.9 Å². The second-order valence-corrected chi connectivity index (χ2v) is 8.22. The van der Waals surface area contributed by atoms with Crippen molar-refractivity contribution in [1.29, 1.82) is 0 Å². The summed E-state index contributed by atoms with van der Waals surface area (Å²) in [4.78, 5) is 31.1. The van der Waals surface area contributed by atoms with Crippen LogP contribution in [0.1, 0.15) is 30.0 Å². The number of benzene rings is 1. The number of hydrogen-bond donors (Lipinski definition) is 1. The maximum Gasteiger partial charge on any atom is 0.408 e. The van der Waals surface area contributed by atoms with Gasteiger partial charge in [-0.1, -0.05) is 17.7 Å². The molecule has 192 valence electrons. The fourth-order valence-corrected chi connectivity index (χ4v) is 4.10. The van der Waals surface area contributed by atoms with Crippen molar-refractivity contribution in [2.24, 2.45) is 0 Å². The minimum Gasteiger partial charge on any atom is -0.388 e. The summed E-state index contributed by atoms with van der Waals surface area (Å²) in [7, 11) is 0. The van der Waals surface area contributed by atoms with Crippen LogP contribution < -0.4 is 15.5 Å². The second kappa shape index (κ2) is 9.17. The second-order valence-electron chi connectivity index (χ2n) is 7.81. The number of halogens is 6. The van der Waals surface area contributed by atoms with Crippen LogP contribution in [0.5, 0.6) is 0 Å². The molecule has 2 aromatic heterocycles. The van der Waals surface area contributed by atoms with E-state index in [1.807, 2.05) is 0 Å². The van der Waals surface area contributed by atoms with Crippen LogP contribution in [0.25, 0.3) is 5.82 Å². The van der Waals surface area contributed by atoms with Crippen LogP contribution in [0.3, 0.4) is 0 Å². The van der Waals surface area contributed by atoms with Crippen molar-refractivity contribution in [3.05, 3.63) is 62.8 Å². The van der Waals surface area contributed by atoms with Gasteiger partial charge in [0.05, 0.1) is 10.6 Å². The van der Waals surface area contributed by atoms with E-state index in [2.05, 4.69) is 10.1 Å². The first kappa shape index (κ1) is 25.6. The highest BCUT2D eigenvalue weighted by atomic mass is 35.5. The van der Waals surface area contributed by atoms with Crippen molar-refractivity contribution < 1.29 is 31.9 Å². The number of hydrogen-bond acceptors (Lipinski definition) is 6. The number of carbonyl (C=O) groups is 1. The van der Waals surface area contributed by atoms with E-state index in [-0.39, 0.29) is 17.4 Å². The molecule has 3 aromatic rings. The van der Waals surface area contributed by atoms with Crippen LogP contribution in [0.2, 0.25) is 5.02 Å². The Hall–Kier alpha value is -3.52. The molecule has 1 aliphatic heterocycles. The van der Waals surface area contributed by atoms with Gasteiger partial charge in [-0.25, -0.2) is 18.6 Å². The summed E-state index contributed by atoms with van der Waals surface area (Å²) in [6, 6.07) is 1.81. The SMILES string of the molecule is CCn1c(CO)nn(-c2nc3c(cc2F)C(=O)N(c2c(F)cccc2Cl)CN3[C@@H](C)C(F)(F)F)c1=O. The largest absolute Gasteiger partial charge is 0.408 e. The van der Waals surface area contributed by atoms with Gasteiger partial charge in [0.1, 0.15) is 36.6 Å². The third-order valence-corrected chi connectivity index (χ3v) is 6.03. The zero-order chi connectivity index (χ0) is 26.5. The summed E-state index contributed by atoms with van der Waals surface area (Å²) in [5.74, 6) is -4.77. The molecule has 1 aliphatic rings. The Labute approximate surface area is 204 Å². The lowest BCUT2D eigenvalue weighted by Gasteiger charge is -2.41. The molecule has 0 saturated carbocycles. The Balaban J connectivity index is 1.95. The smallest absolute Gasteiger partial charge is 0.388 e. The number of pyridine rings is 1. The van der Waals surface area contributed by atoms with Gasteiger partial charge in [-0.15, -0.1) is 5.10 Å². The van der Waals surface area contributed by atoms with Crippen LogP contribution in [0.4, 0.5) is 33.5 Å². The Morgan fingerprint density at radius 3 is 2.42 bits per heavy atom. The Bertz CT molecular complexity index is 1390. The quantitative estimate of drug-likeness (QED) is 0.507. The first-order chi connectivity index (χ1) is 16.9. The van der Waals surface area contributed by atoms with Gasteiger partial charge >= 0.3 is 11.9 Å².